The highest BCUT2D eigenvalue weighted by Crippen LogP contribution is 2.10. The van der Waals surface area contributed by atoms with Gasteiger partial charge in [-0.2, -0.15) is 5.10 Å². The Bertz CT molecular complexity index is 560. The van der Waals surface area contributed by atoms with Gasteiger partial charge in [-0.15, -0.1) is 0 Å². The monoisotopic (exact) mass is 265 g/mol. The van der Waals surface area contributed by atoms with Crippen molar-refractivity contribution in [2.24, 2.45) is 7.05 Å². The Labute approximate surface area is 109 Å². The van der Waals surface area contributed by atoms with Crippen molar-refractivity contribution < 1.29 is 4.79 Å². The van der Waals surface area contributed by atoms with E-state index in [1.54, 1.807) is 31.0 Å². The first-order chi connectivity index (χ1) is 8.54. The molecule has 1 N–H and O–H groups in total. The largest absolute Gasteiger partial charge is 0.345 e. The number of hydrogen-bond acceptors (Lipinski definition) is 4. The van der Waals surface area contributed by atoms with E-state index in [2.05, 4.69) is 20.4 Å². The highest BCUT2D eigenvalue weighted by atomic mass is 35.5. The van der Waals surface area contributed by atoms with Crippen molar-refractivity contribution in [3.8, 4) is 0 Å². The van der Waals surface area contributed by atoms with E-state index in [0.717, 1.165) is 0 Å². The molecule has 0 aliphatic rings. The van der Waals surface area contributed by atoms with Gasteiger partial charge in [-0.1, -0.05) is 11.6 Å². The third-order valence-electron chi connectivity index (χ3n) is 2.24. The Morgan fingerprint density at radius 3 is 2.89 bits per heavy atom. The quantitative estimate of drug-likeness (QED) is 0.844. The van der Waals surface area contributed by atoms with Crippen molar-refractivity contribution in [2.75, 3.05) is 0 Å². The van der Waals surface area contributed by atoms with Crippen molar-refractivity contribution in [1.29, 1.82) is 0 Å². The molecule has 0 aliphatic heterocycles. The van der Waals surface area contributed by atoms with Crippen LogP contribution < -0.4 is 5.32 Å². The number of aromatic nitrogens is 4. The van der Waals surface area contributed by atoms with Crippen LogP contribution in [-0.4, -0.2) is 25.7 Å². The second-order valence-corrected chi connectivity index (χ2v) is 4.22. The average molecular weight is 266 g/mol. The lowest BCUT2D eigenvalue weighted by Crippen LogP contribution is -2.23. The summed E-state index contributed by atoms with van der Waals surface area (Å²) in [5.74, 6) is 0.331. The maximum Gasteiger partial charge on any atom is 0.251 e. The first-order valence-corrected chi connectivity index (χ1v) is 5.69. The summed E-state index contributed by atoms with van der Waals surface area (Å²) in [6.45, 7) is 2.06. The summed E-state index contributed by atoms with van der Waals surface area (Å²) in [5.41, 5.74) is 1.17. The lowest BCUT2D eigenvalue weighted by molar-refractivity contribution is 0.0949. The van der Waals surface area contributed by atoms with Gasteiger partial charge in [0.25, 0.3) is 5.91 Å². The SMILES string of the molecule is Cc1cc(C(=O)NCc2ncn(C)n2)cc(Cl)n1. The zero-order valence-electron chi connectivity index (χ0n) is 10.0. The number of halogens is 1. The zero-order chi connectivity index (χ0) is 13.1. The van der Waals surface area contributed by atoms with Crippen LogP contribution in [-0.2, 0) is 13.6 Å². The lowest BCUT2D eigenvalue weighted by atomic mass is 10.2. The molecule has 6 nitrogen and oxygen atoms in total. The van der Waals surface area contributed by atoms with Gasteiger partial charge < -0.3 is 5.32 Å². The lowest BCUT2D eigenvalue weighted by Gasteiger charge is -2.04. The van der Waals surface area contributed by atoms with Crippen LogP contribution in [0.25, 0.3) is 0 Å². The molecule has 0 spiro atoms. The summed E-state index contributed by atoms with van der Waals surface area (Å²) in [4.78, 5) is 19.9. The molecule has 94 valence electrons. The van der Waals surface area contributed by atoms with Gasteiger partial charge in [-0.05, 0) is 19.1 Å². The maximum absolute atomic E-state index is 11.9. The molecule has 0 aliphatic carbocycles. The molecule has 0 unspecified atom stereocenters. The van der Waals surface area contributed by atoms with E-state index in [4.69, 9.17) is 11.6 Å². The first-order valence-electron chi connectivity index (χ1n) is 5.31. The van der Waals surface area contributed by atoms with Crippen LogP contribution >= 0.6 is 11.6 Å². The molecule has 7 heteroatoms. The number of carbonyl (C=O) groups is 1. The number of hydrogen-bond donors (Lipinski definition) is 1. The number of carbonyl (C=O) groups excluding carboxylic acids is 1. The number of pyridine rings is 1. The first kappa shape index (κ1) is 12.5. The van der Waals surface area contributed by atoms with Crippen LogP contribution in [0.1, 0.15) is 21.9 Å². The van der Waals surface area contributed by atoms with Gasteiger partial charge in [0.2, 0.25) is 0 Å². The van der Waals surface area contributed by atoms with E-state index < -0.39 is 0 Å². The predicted octanol–water partition coefficient (Wildman–Crippen LogP) is 1.10. The molecule has 2 rings (SSSR count). The Morgan fingerprint density at radius 1 is 1.50 bits per heavy atom. The van der Waals surface area contributed by atoms with Crippen molar-refractivity contribution >= 4 is 17.5 Å². The molecule has 2 aromatic rings. The summed E-state index contributed by atoms with van der Waals surface area (Å²) < 4.78 is 1.58. The van der Waals surface area contributed by atoms with E-state index >= 15 is 0 Å². The van der Waals surface area contributed by atoms with E-state index in [1.165, 1.54) is 6.07 Å². The Balaban J connectivity index is 2.03. The Hall–Kier alpha value is -1.95. The molecule has 0 fully saturated rings. The van der Waals surface area contributed by atoms with Gasteiger partial charge in [0, 0.05) is 18.3 Å². The average Bonchev–Trinajstić information content (AvgIpc) is 2.70. The summed E-state index contributed by atoms with van der Waals surface area (Å²) in [6, 6.07) is 3.20. The van der Waals surface area contributed by atoms with Gasteiger partial charge in [-0.25, -0.2) is 9.97 Å². The van der Waals surface area contributed by atoms with E-state index in [9.17, 15) is 4.79 Å². The van der Waals surface area contributed by atoms with Crippen molar-refractivity contribution in [1.82, 2.24) is 25.1 Å². The molecule has 18 heavy (non-hydrogen) atoms. The fraction of sp³-hybridized carbons (Fsp3) is 0.273. The third kappa shape index (κ3) is 3.04. The van der Waals surface area contributed by atoms with E-state index in [-0.39, 0.29) is 12.5 Å². The van der Waals surface area contributed by atoms with Gasteiger partial charge in [0.05, 0.1) is 6.54 Å². The molecule has 0 aromatic carbocycles. The van der Waals surface area contributed by atoms with Gasteiger partial charge >= 0.3 is 0 Å². The van der Waals surface area contributed by atoms with Crippen molar-refractivity contribution in [3.05, 3.63) is 40.7 Å². The van der Waals surface area contributed by atoms with Crippen molar-refractivity contribution in [3.63, 3.8) is 0 Å². The van der Waals surface area contributed by atoms with Crippen LogP contribution in [0.3, 0.4) is 0 Å². The van der Waals surface area contributed by atoms with Crippen LogP contribution in [0.2, 0.25) is 5.15 Å². The van der Waals surface area contributed by atoms with Gasteiger partial charge in [0.15, 0.2) is 5.82 Å². The Morgan fingerprint density at radius 2 is 2.28 bits per heavy atom. The standard InChI is InChI=1S/C11H12ClN5O/c1-7-3-8(4-9(12)15-7)11(18)13-5-10-14-6-17(2)16-10/h3-4,6H,5H2,1-2H3,(H,13,18). The minimum absolute atomic E-state index is 0.227. The molecular formula is C11H12ClN5O. The minimum Gasteiger partial charge on any atom is -0.345 e. The van der Waals surface area contributed by atoms with Gasteiger partial charge in [0.1, 0.15) is 11.5 Å². The number of amides is 1. The highest BCUT2D eigenvalue weighted by Gasteiger charge is 2.08. The molecular weight excluding hydrogens is 254 g/mol. The number of nitrogens with one attached hydrogen (secondary N) is 1. The Kier molecular flexibility index (Phi) is 3.57. The maximum atomic E-state index is 11.9. The second kappa shape index (κ2) is 5.14. The van der Waals surface area contributed by atoms with Gasteiger partial charge in [-0.3, -0.25) is 9.48 Å². The van der Waals surface area contributed by atoms with Crippen LogP contribution in [0.4, 0.5) is 0 Å². The highest BCUT2D eigenvalue weighted by molar-refractivity contribution is 6.29. The topological polar surface area (TPSA) is 72.7 Å². The van der Waals surface area contributed by atoms with Crippen LogP contribution in [0.5, 0.6) is 0 Å². The van der Waals surface area contributed by atoms with Crippen molar-refractivity contribution in [2.45, 2.75) is 13.5 Å². The molecule has 2 aromatic heterocycles. The third-order valence-corrected chi connectivity index (χ3v) is 2.43. The number of nitrogens with zero attached hydrogens (tertiary/aromatic N) is 4. The van der Waals surface area contributed by atoms with E-state index in [1.807, 2.05) is 0 Å². The molecule has 0 atom stereocenters. The fourth-order valence-corrected chi connectivity index (χ4v) is 1.74. The number of aryl methyl sites for hydroxylation is 2. The molecule has 0 saturated carbocycles. The summed E-state index contributed by atoms with van der Waals surface area (Å²) in [5, 5.41) is 7.09. The second-order valence-electron chi connectivity index (χ2n) is 3.84. The normalized spacial score (nSPS) is 10.4. The number of rotatable bonds is 3. The summed E-state index contributed by atoms with van der Waals surface area (Å²) >= 11 is 5.80. The molecule has 2 heterocycles. The van der Waals surface area contributed by atoms with Crippen LogP contribution in [0.15, 0.2) is 18.5 Å². The smallest absolute Gasteiger partial charge is 0.251 e. The minimum atomic E-state index is -0.227. The summed E-state index contributed by atoms with van der Waals surface area (Å²) in [6.07, 6.45) is 1.58. The van der Waals surface area contributed by atoms with Crippen LogP contribution in [0, 0.1) is 6.92 Å². The fourth-order valence-electron chi connectivity index (χ4n) is 1.49. The molecule has 0 saturated heterocycles. The molecule has 1 amide bonds. The summed E-state index contributed by atoms with van der Waals surface area (Å²) in [7, 11) is 1.77. The molecule has 0 bridgehead atoms. The zero-order valence-corrected chi connectivity index (χ0v) is 10.8. The van der Waals surface area contributed by atoms with E-state index in [0.29, 0.717) is 22.2 Å². The predicted molar refractivity (Wildman–Crippen MR) is 66.2 cm³/mol. The molecule has 0 radical (unpaired) electrons.